The van der Waals surface area contributed by atoms with Crippen molar-refractivity contribution in [2.45, 2.75) is 24.0 Å². The molecule has 0 N–H and O–H groups in total. The van der Waals surface area contributed by atoms with Crippen molar-refractivity contribution in [2.75, 3.05) is 36.5 Å². The highest BCUT2D eigenvalue weighted by atomic mass is 35.5. The Balaban J connectivity index is 1.82. The number of pyridine rings is 1. The third-order valence-corrected chi connectivity index (χ3v) is 8.99. The maximum Gasteiger partial charge on any atom is 0.402 e. The number of alkyl halides is 3. The first-order chi connectivity index (χ1) is 19.7. The molecule has 16 heteroatoms. The van der Waals surface area contributed by atoms with Crippen LogP contribution in [0.1, 0.15) is 12.0 Å². The van der Waals surface area contributed by atoms with Crippen LogP contribution in [0.4, 0.5) is 37.8 Å². The SMILES string of the molecule is COc1ccc(CN(c2cccc(F)n2)S(=O)(=O)c2c(F)cc(N3CCC(C=O)(C(F)(F)F)C3)c(Cl)c2F)c(OC)c1. The number of carbonyl (C=O) groups excluding carboxylic acids is 1. The van der Waals surface area contributed by atoms with Crippen LogP contribution >= 0.6 is 11.6 Å². The summed E-state index contributed by atoms with van der Waals surface area (Å²) in [6.07, 6.45) is -5.93. The molecule has 0 aliphatic carbocycles. The largest absolute Gasteiger partial charge is 0.497 e. The Kier molecular flexibility index (Phi) is 8.56. The van der Waals surface area contributed by atoms with Gasteiger partial charge in [0.2, 0.25) is 5.95 Å². The molecule has 1 aromatic heterocycles. The fourth-order valence-electron chi connectivity index (χ4n) is 4.54. The maximum absolute atomic E-state index is 15.7. The zero-order valence-corrected chi connectivity index (χ0v) is 23.5. The molecule has 1 unspecified atom stereocenters. The van der Waals surface area contributed by atoms with Gasteiger partial charge in [-0.15, -0.1) is 0 Å². The third-order valence-electron chi connectivity index (χ3n) is 6.84. The van der Waals surface area contributed by atoms with E-state index in [1.807, 2.05) is 0 Å². The average Bonchev–Trinajstić information content (AvgIpc) is 3.39. The van der Waals surface area contributed by atoms with E-state index in [0.717, 1.165) is 23.1 Å². The number of nitrogens with zero attached hydrogens (tertiary/aromatic N) is 3. The lowest BCUT2D eigenvalue weighted by Crippen LogP contribution is -2.42. The second-order valence-electron chi connectivity index (χ2n) is 9.29. The second kappa shape index (κ2) is 11.5. The van der Waals surface area contributed by atoms with Crippen molar-refractivity contribution in [3.05, 3.63) is 70.6 Å². The van der Waals surface area contributed by atoms with Crippen LogP contribution in [0.5, 0.6) is 11.5 Å². The van der Waals surface area contributed by atoms with Crippen molar-refractivity contribution in [1.29, 1.82) is 0 Å². The van der Waals surface area contributed by atoms with Crippen LogP contribution in [-0.2, 0) is 21.4 Å². The second-order valence-corrected chi connectivity index (χ2v) is 11.5. The lowest BCUT2D eigenvalue weighted by Gasteiger charge is -2.28. The van der Waals surface area contributed by atoms with E-state index in [1.165, 1.54) is 32.4 Å². The van der Waals surface area contributed by atoms with Crippen LogP contribution in [0.3, 0.4) is 0 Å². The number of methoxy groups -OCH3 is 2. The molecule has 1 saturated heterocycles. The molecule has 1 atom stereocenters. The number of halogens is 7. The van der Waals surface area contributed by atoms with E-state index < -0.39 is 86.7 Å². The molecule has 0 spiro atoms. The standard InChI is InChI=1S/C26H22ClF6N3O5S/c1-40-16-7-6-15(19(10-16)41-2)12-36(21-5-3-4-20(29)34-21)42(38,39)24-17(28)11-18(22(27)23(24)30)35-9-8-25(13-35,14-37)26(31,32)33/h3-7,10-11,14H,8-9,12-13H2,1-2H3. The van der Waals surface area contributed by atoms with Crippen LogP contribution in [0.25, 0.3) is 0 Å². The molecule has 0 amide bonds. The molecule has 0 saturated carbocycles. The Hall–Kier alpha value is -3.72. The van der Waals surface area contributed by atoms with Gasteiger partial charge in [0.25, 0.3) is 10.0 Å². The lowest BCUT2D eigenvalue weighted by atomic mass is 9.88. The van der Waals surface area contributed by atoms with Gasteiger partial charge in [-0.3, -0.25) is 0 Å². The zero-order chi connectivity index (χ0) is 31.0. The molecule has 2 aromatic carbocycles. The quantitative estimate of drug-likeness (QED) is 0.132. The van der Waals surface area contributed by atoms with Crippen LogP contribution in [-0.4, -0.2) is 53.2 Å². The Bertz CT molecular complexity index is 1620. The zero-order valence-electron chi connectivity index (χ0n) is 21.9. The molecule has 2 heterocycles. The van der Waals surface area contributed by atoms with Gasteiger partial charge in [0, 0.05) is 30.8 Å². The van der Waals surface area contributed by atoms with E-state index in [2.05, 4.69) is 4.98 Å². The number of anilines is 2. The average molecular weight is 638 g/mol. The normalized spacial score (nSPS) is 17.3. The first-order valence-corrected chi connectivity index (χ1v) is 13.8. The van der Waals surface area contributed by atoms with E-state index in [1.54, 1.807) is 0 Å². The van der Waals surface area contributed by atoms with Gasteiger partial charge in [-0.25, -0.2) is 26.5 Å². The van der Waals surface area contributed by atoms with Crippen LogP contribution in [0, 0.1) is 23.0 Å². The predicted molar refractivity (Wildman–Crippen MR) is 140 cm³/mol. The van der Waals surface area contributed by atoms with Crippen molar-refractivity contribution in [3.63, 3.8) is 0 Å². The van der Waals surface area contributed by atoms with Gasteiger partial charge >= 0.3 is 6.18 Å². The number of ether oxygens (including phenoxy) is 2. The third kappa shape index (κ3) is 5.54. The first-order valence-electron chi connectivity index (χ1n) is 12.0. The minimum atomic E-state index is -5.26. The summed E-state index contributed by atoms with van der Waals surface area (Å²) in [4.78, 5) is 14.2. The van der Waals surface area contributed by atoms with Crippen molar-refractivity contribution >= 4 is 39.4 Å². The smallest absolute Gasteiger partial charge is 0.402 e. The van der Waals surface area contributed by atoms with Crippen molar-refractivity contribution in [2.24, 2.45) is 5.41 Å². The molecule has 1 aliphatic rings. The molecule has 1 aliphatic heterocycles. The van der Waals surface area contributed by atoms with E-state index in [4.69, 9.17) is 21.1 Å². The summed E-state index contributed by atoms with van der Waals surface area (Å²) >= 11 is 6.08. The molecular weight excluding hydrogens is 616 g/mol. The summed E-state index contributed by atoms with van der Waals surface area (Å²) in [7, 11) is -2.59. The van der Waals surface area contributed by atoms with E-state index in [-0.39, 0.29) is 17.6 Å². The van der Waals surface area contributed by atoms with Gasteiger partial charge in [-0.2, -0.15) is 17.6 Å². The van der Waals surface area contributed by atoms with Gasteiger partial charge in [0.1, 0.15) is 39.9 Å². The summed E-state index contributed by atoms with van der Waals surface area (Å²) in [5, 5.41) is -0.993. The van der Waals surface area contributed by atoms with Gasteiger partial charge < -0.3 is 19.2 Å². The Morgan fingerprint density at radius 2 is 1.83 bits per heavy atom. The minimum absolute atomic E-state index is 0.123. The number of aldehydes is 1. The Morgan fingerprint density at radius 3 is 2.40 bits per heavy atom. The minimum Gasteiger partial charge on any atom is -0.497 e. The van der Waals surface area contributed by atoms with Gasteiger partial charge in [-0.05, 0) is 30.7 Å². The number of benzene rings is 2. The monoisotopic (exact) mass is 637 g/mol. The fourth-order valence-corrected chi connectivity index (χ4v) is 6.37. The van der Waals surface area contributed by atoms with E-state index in [9.17, 15) is 30.8 Å². The van der Waals surface area contributed by atoms with Gasteiger partial charge in [0.15, 0.2) is 10.7 Å². The summed E-state index contributed by atoms with van der Waals surface area (Å²) in [5.74, 6) is -4.67. The molecular formula is C26H22ClF6N3O5S. The van der Waals surface area contributed by atoms with Crippen molar-refractivity contribution in [3.8, 4) is 11.5 Å². The molecule has 4 rings (SSSR count). The molecule has 0 radical (unpaired) electrons. The van der Waals surface area contributed by atoms with E-state index >= 15 is 8.78 Å². The number of rotatable bonds is 9. The lowest BCUT2D eigenvalue weighted by molar-refractivity contribution is -0.207. The molecule has 3 aromatic rings. The van der Waals surface area contributed by atoms with Crippen LogP contribution in [0.15, 0.2) is 47.4 Å². The number of hydrogen-bond acceptors (Lipinski definition) is 7. The predicted octanol–water partition coefficient (Wildman–Crippen LogP) is 5.52. The highest BCUT2D eigenvalue weighted by Gasteiger charge is 2.58. The van der Waals surface area contributed by atoms with Gasteiger partial charge in [-0.1, -0.05) is 17.7 Å². The number of carbonyl (C=O) groups is 1. The van der Waals surface area contributed by atoms with Crippen molar-refractivity contribution in [1.82, 2.24) is 4.98 Å². The highest BCUT2D eigenvalue weighted by molar-refractivity contribution is 7.92. The molecule has 226 valence electrons. The van der Waals surface area contributed by atoms with Crippen molar-refractivity contribution < 1.29 is 49.0 Å². The molecule has 42 heavy (non-hydrogen) atoms. The molecule has 8 nitrogen and oxygen atoms in total. The molecule has 1 fully saturated rings. The van der Waals surface area contributed by atoms with Crippen LogP contribution < -0.4 is 18.7 Å². The Morgan fingerprint density at radius 1 is 1.12 bits per heavy atom. The van der Waals surface area contributed by atoms with Gasteiger partial charge in [0.05, 0.1) is 26.5 Å². The summed E-state index contributed by atoms with van der Waals surface area (Å²) < 4.78 is 124. The summed E-state index contributed by atoms with van der Waals surface area (Å²) in [5.41, 5.74) is -3.21. The number of aromatic nitrogens is 1. The summed E-state index contributed by atoms with van der Waals surface area (Å²) in [6, 6.07) is 7.90. The van der Waals surface area contributed by atoms with E-state index in [0.29, 0.717) is 16.1 Å². The number of sulfonamides is 1. The topological polar surface area (TPSA) is 89.0 Å². The fraction of sp³-hybridized carbons (Fsp3) is 0.308. The number of hydrogen-bond donors (Lipinski definition) is 0. The summed E-state index contributed by atoms with van der Waals surface area (Å²) in [6.45, 7) is -2.08. The first kappa shape index (κ1) is 31.2. The Labute approximate surface area is 241 Å². The highest BCUT2D eigenvalue weighted by Crippen LogP contribution is 2.47. The maximum atomic E-state index is 15.7. The van der Waals surface area contributed by atoms with Crippen LogP contribution in [0.2, 0.25) is 5.02 Å². The molecule has 0 bridgehead atoms.